The Kier molecular flexibility index (Phi) is 8.33. The van der Waals surface area contributed by atoms with Gasteiger partial charge in [0.2, 0.25) is 5.91 Å². The lowest BCUT2D eigenvalue weighted by Gasteiger charge is -2.34. The van der Waals surface area contributed by atoms with Gasteiger partial charge in [0.15, 0.2) is 5.96 Å². The van der Waals surface area contributed by atoms with E-state index in [1.54, 1.807) is 0 Å². The van der Waals surface area contributed by atoms with Gasteiger partial charge in [-0.2, -0.15) is 5.10 Å². The number of amides is 1. The van der Waals surface area contributed by atoms with E-state index in [-0.39, 0.29) is 11.8 Å². The van der Waals surface area contributed by atoms with Crippen molar-refractivity contribution in [2.24, 2.45) is 18.0 Å². The zero-order chi connectivity index (χ0) is 20.7. The summed E-state index contributed by atoms with van der Waals surface area (Å²) < 4.78 is 1.99. The number of carbonyl (C=O) groups excluding carboxylic acids is 1. The van der Waals surface area contributed by atoms with E-state index in [1.807, 2.05) is 30.5 Å². The number of guanidine groups is 1. The fourth-order valence-corrected chi connectivity index (χ4v) is 3.85. The molecule has 2 heterocycles. The predicted molar refractivity (Wildman–Crippen MR) is 114 cm³/mol. The van der Waals surface area contributed by atoms with Crippen LogP contribution in [-0.2, 0) is 31.2 Å². The molecule has 1 fully saturated rings. The first-order valence-electron chi connectivity index (χ1n) is 10.8. The molecule has 0 bridgehead atoms. The van der Waals surface area contributed by atoms with E-state index in [2.05, 4.69) is 36.5 Å². The molecule has 0 unspecified atom stereocenters. The molecule has 28 heavy (non-hydrogen) atoms. The van der Waals surface area contributed by atoms with Crippen LogP contribution in [0.2, 0.25) is 0 Å². The maximum atomic E-state index is 12.2. The molecular formula is C21H38N6O. The van der Waals surface area contributed by atoms with Crippen LogP contribution in [0.4, 0.5) is 0 Å². The van der Waals surface area contributed by atoms with Crippen molar-refractivity contribution in [3.05, 3.63) is 17.0 Å². The number of nitrogens with zero attached hydrogens (tertiary/aromatic N) is 4. The van der Waals surface area contributed by atoms with Crippen LogP contribution in [0.1, 0.15) is 64.4 Å². The molecule has 2 N–H and O–H groups in total. The van der Waals surface area contributed by atoms with Gasteiger partial charge in [-0.1, -0.05) is 27.7 Å². The molecule has 1 aliphatic heterocycles. The van der Waals surface area contributed by atoms with Gasteiger partial charge < -0.3 is 15.5 Å². The SMILES string of the molecule is CCNC(=NCc1c(CC)nn(C)c1CC)NC1CCN(C(=O)C(C)C)CC1. The topological polar surface area (TPSA) is 74.6 Å². The molecule has 0 radical (unpaired) electrons. The van der Waals surface area contributed by atoms with Gasteiger partial charge in [0.25, 0.3) is 0 Å². The van der Waals surface area contributed by atoms with Gasteiger partial charge in [-0.3, -0.25) is 9.48 Å². The monoisotopic (exact) mass is 390 g/mol. The van der Waals surface area contributed by atoms with Crippen LogP contribution in [0.15, 0.2) is 4.99 Å². The number of hydrogen-bond acceptors (Lipinski definition) is 3. The second-order valence-corrected chi connectivity index (χ2v) is 7.80. The van der Waals surface area contributed by atoms with Crippen molar-refractivity contribution in [2.75, 3.05) is 19.6 Å². The van der Waals surface area contributed by atoms with E-state index in [9.17, 15) is 4.79 Å². The number of likely N-dealkylation sites (tertiary alicyclic amines) is 1. The molecule has 1 aromatic rings. The van der Waals surface area contributed by atoms with E-state index in [0.717, 1.165) is 57.0 Å². The van der Waals surface area contributed by atoms with E-state index in [1.165, 1.54) is 11.3 Å². The van der Waals surface area contributed by atoms with Gasteiger partial charge in [-0.05, 0) is 32.6 Å². The Hall–Kier alpha value is -2.05. The van der Waals surface area contributed by atoms with Gasteiger partial charge in [0, 0.05) is 49.9 Å². The van der Waals surface area contributed by atoms with Crippen molar-refractivity contribution >= 4 is 11.9 Å². The van der Waals surface area contributed by atoms with Crippen LogP contribution in [0.5, 0.6) is 0 Å². The average Bonchev–Trinajstić information content (AvgIpc) is 3.00. The molecule has 7 nitrogen and oxygen atoms in total. The summed E-state index contributed by atoms with van der Waals surface area (Å²) in [6.45, 7) is 13.4. The normalized spacial score (nSPS) is 16.0. The van der Waals surface area contributed by atoms with Crippen molar-refractivity contribution in [2.45, 2.75) is 72.9 Å². The quantitative estimate of drug-likeness (QED) is 0.553. The summed E-state index contributed by atoms with van der Waals surface area (Å²) in [6.07, 6.45) is 3.79. The zero-order valence-electron chi connectivity index (χ0n) is 18.5. The van der Waals surface area contributed by atoms with Crippen LogP contribution in [0.3, 0.4) is 0 Å². The molecule has 1 aliphatic rings. The first kappa shape index (κ1) is 22.2. The van der Waals surface area contributed by atoms with Crippen molar-refractivity contribution in [3.8, 4) is 0 Å². The number of hydrogen-bond donors (Lipinski definition) is 2. The fourth-order valence-electron chi connectivity index (χ4n) is 3.85. The number of aromatic nitrogens is 2. The summed E-state index contributed by atoms with van der Waals surface area (Å²) in [7, 11) is 2.01. The third kappa shape index (κ3) is 5.49. The minimum atomic E-state index is 0.0726. The number of aliphatic imine (C=N–C) groups is 1. The molecule has 0 spiro atoms. The van der Waals surface area contributed by atoms with Crippen molar-refractivity contribution in [1.82, 2.24) is 25.3 Å². The lowest BCUT2D eigenvalue weighted by atomic mass is 10.0. The number of carbonyl (C=O) groups is 1. The number of piperidine rings is 1. The average molecular weight is 391 g/mol. The van der Waals surface area contributed by atoms with Gasteiger partial charge in [-0.15, -0.1) is 0 Å². The highest BCUT2D eigenvalue weighted by Gasteiger charge is 2.24. The third-order valence-corrected chi connectivity index (χ3v) is 5.41. The summed E-state index contributed by atoms with van der Waals surface area (Å²) in [6, 6.07) is 0.346. The van der Waals surface area contributed by atoms with Crippen molar-refractivity contribution in [3.63, 3.8) is 0 Å². The highest BCUT2D eigenvalue weighted by Crippen LogP contribution is 2.17. The second kappa shape index (κ2) is 10.5. The van der Waals surface area contributed by atoms with Crippen LogP contribution < -0.4 is 10.6 Å². The molecule has 1 aromatic heterocycles. The maximum Gasteiger partial charge on any atom is 0.225 e. The van der Waals surface area contributed by atoms with E-state index < -0.39 is 0 Å². The Balaban J connectivity index is 2.02. The molecule has 7 heteroatoms. The largest absolute Gasteiger partial charge is 0.357 e. The fraction of sp³-hybridized carbons (Fsp3) is 0.762. The van der Waals surface area contributed by atoms with Crippen LogP contribution in [0, 0.1) is 5.92 Å². The molecule has 0 atom stereocenters. The Bertz CT molecular complexity index is 671. The molecule has 0 saturated carbocycles. The highest BCUT2D eigenvalue weighted by atomic mass is 16.2. The Morgan fingerprint density at radius 1 is 1.21 bits per heavy atom. The highest BCUT2D eigenvalue weighted by molar-refractivity contribution is 5.80. The van der Waals surface area contributed by atoms with Crippen molar-refractivity contribution < 1.29 is 4.79 Å². The molecule has 158 valence electrons. The van der Waals surface area contributed by atoms with Crippen molar-refractivity contribution in [1.29, 1.82) is 0 Å². The smallest absolute Gasteiger partial charge is 0.225 e. The van der Waals surface area contributed by atoms with Gasteiger partial charge >= 0.3 is 0 Å². The number of rotatable bonds is 7. The summed E-state index contributed by atoms with van der Waals surface area (Å²) >= 11 is 0. The third-order valence-electron chi connectivity index (χ3n) is 5.41. The van der Waals surface area contributed by atoms with Crippen LogP contribution in [0.25, 0.3) is 0 Å². The lowest BCUT2D eigenvalue weighted by Crippen LogP contribution is -2.50. The molecule has 1 amide bonds. The van der Waals surface area contributed by atoms with Gasteiger partial charge in [0.1, 0.15) is 0 Å². The van der Waals surface area contributed by atoms with Crippen LogP contribution >= 0.6 is 0 Å². The minimum Gasteiger partial charge on any atom is -0.357 e. The summed E-state index contributed by atoms with van der Waals surface area (Å²) in [4.78, 5) is 19.0. The second-order valence-electron chi connectivity index (χ2n) is 7.80. The van der Waals surface area contributed by atoms with Gasteiger partial charge in [-0.25, -0.2) is 4.99 Å². The molecule has 1 saturated heterocycles. The molecule has 0 aromatic carbocycles. The summed E-state index contributed by atoms with van der Waals surface area (Å²) in [5, 5.41) is 11.6. The lowest BCUT2D eigenvalue weighted by molar-refractivity contribution is -0.135. The maximum absolute atomic E-state index is 12.2. The van der Waals surface area contributed by atoms with Crippen LogP contribution in [-0.4, -0.2) is 52.2 Å². The Labute approximate surface area is 170 Å². The summed E-state index contributed by atoms with van der Waals surface area (Å²) in [5.74, 6) is 1.18. The molecular weight excluding hydrogens is 352 g/mol. The zero-order valence-corrected chi connectivity index (χ0v) is 18.5. The van der Waals surface area contributed by atoms with Gasteiger partial charge in [0.05, 0.1) is 12.2 Å². The Morgan fingerprint density at radius 3 is 2.43 bits per heavy atom. The first-order chi connectivity index (χ1) is 13.4. The first-order valence-corrected chi connectivity index (χ1v) is 10.8. The predicted octanol–water partition coefficient (Wildman–Crippen LogP) is 2.25. The minimum absolute atomic E-state index is 0.0726. The van der Waals surface area contributed by atoms with E-state index >= 15 is 0 Å². The number of nitrogens with one attached hydrogen (secondary N) is 2. The molecule has 2 rings (SSSR count). The van der Waals surface area contributed by atoms with E-state index in [4.69, 9.17) is 4.99 Å². The standard InChI is InChI=1S/C21H38N6O/c1-7-18-17(19(8-2)26(6)25-18)14-23-21(22-9-3)24-16-10-12-27(13-11-16)20(28)15(4)5/h15-16H,7-14H2,1-6H3,(H2,22,23,24). The summed E-state index contributed by atoms with van der Waals surface area (Å²) in [5.41, 5.74) is 3.65. The number of aryl methyl sites for hydroxylation is 2. The Morgan fingerprint density at radius 2 is 1.89 bits per heavy atom. The van der Waals surface area contributed by atoms with E-state index in [0.29, 0.717) is 12.6 Å². The molecule has 0 aliphatic carbocycles.